The third-order valence-corrected chi connectivity index (χ3v) is 4.33. The zero-order valence-electron chi connectivity index (χ0n) is 9.90. The highest BCUT2D eigenvalue weighted by Gasteiger charge is 2.16. The van der Waals surface area contributed by atoms with Crippen LogP contribution in [0.2, 0.25) is 0 Å². The minimum absolute atomic E-state index is 0.397. The average Bonchev–Trinajstić information content (AvgIpc) is 2.69. The van der Waals surface area contributed by atoms with Gasteiger partial charge in [-0.1, -0.05) is 6.07 Å². The lowest BCUT2D eigenvalue weighted by Gasteiger charge is -2.28. The molecule has 1 aliphatic heterocycles. The van der Waals surface area contributed by atoms with Crippen molar-refractivity contribution in [2.45, 2.75) is 19.8 Å². The summed E-state index contributed by atoms with van der Waals surface area (Å²) in [4.78, 5) is 14.9. The third kappa shape index (κ3) is 2.07. The Kier molecular flexibility index (Phi) is 2.63. The Morgan fingerprint density at radius 3 is 2.71 bits per heavy atom. The number of piperidine rings is 1. The highest BCUT2D eigenvalue weighted by molar-refractivity contribution is 7.19. The molecule has 1 aromatic heterocycles. The van der Waals surface area contributed by atoms with Gasteiger partial charge >= 0.3 is 0 Å². The molecule has 2 nitrogen and oxygen atoms in total. The molecule has 2 aromatic rings. The van der Waals surface area contributed by atoms with Crippen LogP contribution >= 0.6 is 11.3 Å². The minimum atomic E-state index is 0.397. The topological polar surface area (TPSA) is 20.3 Å². The summed E-state index contributed by atoms with van der Waals surface area (Å²) in [5, 5.41) is 1.32. The Morgan fingerprint density at radius 1 is 1.18 bits per heavy atom. The summed E-state index contributed by atoms with van der Waals surface area (Å²) in [6.45, 7) is 3.88. The maximum absolute atomic E-state index is 11.2. The van der Waals surface area contributed by atoms with Gasteiger partial charge in [-0.2, -0.15) is 0 Å². The molecule has 0 radical (unpaired) electrons. The fourth-order valence-corrected chi connectivity index (χ4v) is 3.32. The van der Waals surface area contributed by atoms with E-state index in [0.717, 1.165) is 13.1 Å². The first-order valence-electron chi connectivity index (χ1n) is 5.99. The standard InChI is InChI=1S/C14H15NOS/c1-10-8-11-2-3-12(9-14(11)17-10)15-6-4-13(16)5-7-15/h2-3,8-9H,4-7H2,1H3. The van der Waals surface area contributed by atoms with Gasteiger partial charge in [0.15, 0.2) is 0 Å². The smallest absolute Gasteiger partial charge is 0.136 e. The van der Waals surface area contributed by atoms with E-state index in [4.69, 9.17) is 0 Å². The van der Waals surface area contributed by atoms with E-state index in [9.17, 15) is 4.79 Å². The van der Waals surface area contributed by atoms with E-state index in [1.54, 1.807) is 0 Å². The van der Waals surface area contributed by atoms with Gasteiger partial charge in [0.25, 0.3) is 0 Å². The number of nitrogens with zero attached hydrogens (tertiary/aromatic N) is 1. The van der Waals surface area contributed by atoms with Gasteiger partial charge in [-0.05, 0) is 30.5 Å². The van der Waals surface area contributed by atoms with Gasteiger partial charge in [-0.3, -0.25) is 4.79 Å². The average molecular weight is 245 g/mol. The zero-order valence-corrected chi connectivity index (χ0v) is 10.7. The largest absolute Gasteiger partial charge is 0.371 e. The summed E-state index contributed by atoms with van der Waals surface area (Å²) < 4.78 is 1.34. The SMILES string of the molecule is Cc1cc2ccc(N3CCC(=O)CC3)cc2s1. The molecule has 88 valence electrons. The molecule has 1 aromatic carbocycles. The number of ketones is 1. The monoisotopic (exact) mass is 245 g/mol. The van der Waals surface area contributed by atoms with Crippen molar-refractivity contribution in [2.24, 2.45) is 0 Å². The Hall–Kier alpha value is -1.35. The van der Waals surface area contributed by atoms with Crippen molar-refractivity contribution in [2.75, 3.05) is 18.0 Å². The number of thiophene rings is 1. The molecule has 1 aliphatic rings. The molecule has 0 spiro atoms. The van der Waals surface area contributed by atoms with E-state index in [0.29, 0.717) is 18.6 Å². The first-order chi connectivity index (χ1) is 8.22. The number of rotatable bonds is 1. The molecular formula is C14H15NOS. The number of benzene rings is 1. The van der Waals surface area contributed by atoms with Gasteiger partial charge in [0.2, 0.25) is 0 Å². The van der Waals surface area contributed by atoms with Crippen molar-refractivity contribution in [3.63, 3.8) is 0 Å². The number of Topliss-reactive ketones (excluding diaryl/α,β-unsaturated/α-hetero) is 1. The summed E-state index contributed by atoms with van der Waals surface area (Å²) in [5.41, 5.74) is 1.26. The van der Waals surface area contributed by atoms with E-state index >= 15 is 0 Å². The van der Waals surface area contributed by atoms with Crippen LogP contribution in [-0.2, 0) is 4.79 Å². The number of fused-ring (bicyclic) bond motifs is 1. The number of carbonyl (C=O) groups excluding carboxylic acids is 1. The first kappa shape index (κ1) is 10.8. The fraction of sp³-hybridized carbons (Fsp3) is 0.357. The lowest BCUT2D eigenvalue weighted by Crippen LogP contribution is -2.33. The second kappa shape index (κ2) is 4.15. The molecule has 17 heavy (non-hydrogen) atoms. The van der Waals surface area contributed by atoms with E-state index < -0.39 is 0 Å². The quantitative estimate of drug-likeness (QED) is 0.767. The summed E-state index contributed by atoms with van der Waals surface area (Å²) in [5.74, 6) is 0.397. The van der Waals surface area contributed by atoms with Gasteiger partial charge in [0.05, 0.1) is 0 Å². The van der Waals surface area contributed by atoms with Crippen LogP contribution in [0.15, 0.2) is 24.3 Å². The number of hydrogen-bond donors (Lipinski definition) is 0. The van der Waals surface area contributed by atoms with Gasteiger partial charge in [-0.15, -0.1) is 11.3 Å². The molecule has 2 heterocycles. The van der Waals surface area contributed by atoms with Crippen molar-refractivity contribution in [1.29, 1.82) is 0 Å². The van der Waals surface area contributed by atoms with Gasteiger partial charge in [-0.25, -0.2) is 0 Å². The third-order valence-electron chi connectivity index (χ3n) is 3.31. The van der Waals surface area contributed by atoms with Crippen LogP contribution in [0.25, 0.3) is 10.1 Å². The van der Waals surface area contributed by atoms with Crippen molar-refractivity contribution < 1.29 is 4.79 Å². The molecular weight excluding hydrogens is 230 g/mol. The van der Waals surface area contributed by atoms with Crippen molar-refractivity contribution in [3.05, 3.63) is 29.1 Å². The molecule has 1 fully saturated rings. The molecule has 0 saturated carbocycles. The van der Waals surface area contributed by atoms with Crippen molar-refractivity contribution in [3.8, 4) is 0 Å². The van der Waals surface area contributed by atoms with Crippen LogP contribution in [0, 0.1) is 6.92 Å². The van der Waals surface area contributed by atoms with E-state index in [1.165, 1.54) is 20.7 Å². The molecule has 3 heteroatoms. The van der Waals surface area contributed by atoms with Crippen LogP contribution in [0.3, 0.4) is 0 Å². The van der Waals surface area contributed by atoms with Gasteiger partial charge in [0, 0.05) is 41.2 Å². The maximum Gasteiger partial charge on any atom is 0.136 e. The predicted octanol–water partition coefficient (Wildman–Crippen LogP) is 3.38. The molecule has 0 bridgehead atoms. The molecule has 0 amide bonds. The lowest BCUT2D eigenvalue weighted by molar-refractivity contribution is -0.119. The van der Waals surface area contributed by atoms with Crippen molar-refractivity contribution in [1.82, 2.24) is 0 Å². The van der Waals surface area contributed by atoms with Crippen LogP contribution in [-0.4, -0.2) is 18.9 Å². The maximum atomic E-state index is 11.2. The van der Waals surface area contributed by atoms with Crippen LogP contribution in [0.1, 0.15) is 17.7 Å². The Balaban J connectivity index is 1.92. The Morgan fingerprint density at radius 2 is 1.94 bits per heavy atom. The molecule has 0 unspecified atom stereocenters. The Bertz CT molecular complexity index is 563. The van der Waals surface area contributed by atoms with E-state index in [2.05, 4.69) is 36.1 Å². The molecule has 3 rings (SSSR count). The number of anilines is 1. The number of aryl methyl sites for hydroxylation is 1. The Labute approximate surface area is 105 Å². The summed E-state index contributed by atoms with van der Waals surface area (Å²) in [6, 6.07) is 8.83. The molecule has 0 atom stereocenters. The summed E-state index contributed by atoms with van der Waals surface area (Å²) in [7, 11) is 0. The van der Waals surface area contributed by atoms with Crippen LogP contribution < -0.4 is 4.90 Å². The highest BCUT2D eigenvalue weighted by Crippen LogP contribution is 2.29. The highest BCUT2D eigenvalue weighted by atomic mass is 32.1. The van der Waals surface area contributed by atoms with E-state index in [1.807, 2.05) is 11.3 Å². The van der Waals surface area contributed by atoms with Crippen molar-refractivity contribution >= 4 is 32.9 Å². The number of carbonyl (C=O) groups is 1. The van der Waals surface area contributed by atoms with Crippen LogP contribution in [0.5, 0.6) is 0 Å². The normalized spacial score (nSPS) is 16.8. The fourth-order valence-electron chi connectivity index (χ4n) is 2.36. The minimum Gasteiger partial charge on any atom is -0.371 e. The van der Waals surface area contributed by atoms with Crippen LogP contribution in [0.4, 0.5) is 5.69 Å². The lowest BCUT2D eigenvalue weighted by atomic mass is 10.1. The second-order valence-corrected chi connectivity index (χ2v) is 5.89. The number of hydrogen-bond acceptors (Lipinski definition) is 3. The van der Waals surface area contributed by atoms with Gasteiger partial charge < -0.3 is 4.90 Å². The summed E-state index contributed by atoms with van der Waals surface area (Å²) >= 11 is 1.84. The molecule has 0 N–H and O–H groups in total. The summed E-state index contributed by atoms with van der Waals surface area (Å²) in [6.07, 6.45) is 1.39. The zero-order chi connectivity index (χ0) is 11.8. The van der Waals surface area contributed by atoms with E-state index in [-0.39, 0.29) is 0 Å². The molecule has 1 saturated heterocycles. The van der Waals surface area contributed by atoms with Gasteiger partial charge in [0.1, 0.15) is 5.78 Å². The first-order valence-corrected chi connectivity index (χ1v) is 6.81. The second-order valence-electron chi connectivity index (χ2n) is 4.60. The predicted molar refractivity (Wildman–Crippen MR) is 73.0 cm³/mol. The molecule has 0 aliphatic carbocycles.